The molecule has 0 saturated carbocycles. The van der Waals surface area contributed by atoms with Gasteiger partial charge in [-0.15, -0.1) is 11.7 Å². The van der Waals surface area contributed by atoms with E-state index in [9.17, 15) is 0 Å². The summed E-state index contributed by atoms with van der Waals surface area (Å²) in [6, 6.07) is 0. The lowest BCUT2D eigenvalue weighted by molar-refractivity contribution is 0.705. The van der Waals surface area contributed by atoms with E-state index in [2.05, 4.69) is 22.2 Å². The standard InChI is InChI=1S/C7H12N4/c1-3-4-8-5-7-6-11(2)10-9-7/h3,6,8H,1,4-5H2,2H3. The van der Waals surface area contributed by atoms with Crippen LogP contribution < -0.4 is 5.32 Å². The highest BCUT2D eigenvalue weighted by Gasteiger charge is 1.94. The Kier molecular flexibility index (Phi) is 2.80. The fraction of sp³-hybridized carbons (Fsp3) is 0.429. The number of hydrogen-bond donors (Lipinski definition) is 1. The van der Waals surface area contributed by atoms with Crippen molar-refractivity contribution >= 4 is 0 Å². The van der Waals surface area contributed by atoms with E-state index in [0.717, 1.165) is 18.8 Å². The molecule has 0 radical (unpaired) electrons. The van der Waals surface area contributed by atoms with Gasteiger partial charge in [0.25, 0.3) is 0 Å². The Morgan fingerprint density at radius 2 is 2.64 bits per heavy atom. The van der Waals surface area contributed by atoms with Crippen LogP contribution in [-0.2, 0) is 13.6 Å². The molecular weight excluding hydrogens is 140 g/mol. The van der Waals surface area contributed by atoms with Crippen LogP contribution in [-0.4, -0.2) is 21.5 Å². The summed E-state index contributed by atoms with van der Waals surface area (Å²) in [5.74, 6) is 0. The minimum Gasteiger partial charge on any atom is -0.308 e. The summed E-state index contributed by atoms with van der Waals surface area (Å²) >= 11 is 0. The highest BCUT2D eigenvalue weighted by Crippen LogP contribution is 1.88. The maximum absolute atomic E-state index is 3.90. The molecule has 4 heteroatoms. The Bertz CT molecular complexity index is 228. The van der Waals surface area contributed by atoms with Gasteiger partial charge in [0.1, 0.15) is 0 Å². The van der Waals surface area contributed by atoms with Crippen LogP contribution in [0.1, 0.15) is 5.69 Å². The molecule has 1 heterocycles. The molecule has 0 aliphatic rings. The second-order valence-corrected chi connectivity index (χ2v) is 2.30. The summed E-state index contributed by atoms with van der Waals surface area (Å²) in [4.78, 5) is 0. The number of rotatable bonds is 4. The number of hydrogen-bond acceptors (Lipinski definition) is 3. The van der Waals surface area contributed by atoms with Crippen LogP contribution in [0.4, 0.5) is 0 Å². The highest BCUT2D eigenvalue weighted by molar-refractivity contribution is 4.91. The summed E-state index contributed by atoms with van der Waals surface area (Å²) in [7, 11) is 1.85. The van der Waals surface area contributed by atoms with Crippen molar-refractivity contribution in [3.05, 3.63) is 24.5 Å². The Balaban J connectivity index is 2.32. The van der Waals surface area contributed by atoms with Crippen molar-refractivity contribution in [3.63, 3.8) is 0 Å². The number of aryl methyl sites for hydroxylation is 1. The molecule has 4 nitrogen and oxygen atoms in total. The first-order valence-electron chi connectivity index (χ1n) is 3.49. The molecule has 0 spiro atoms. The molecule has 0 fully saturated rings. The van der Waals surface area contributed by atoms with Gasteiger partial charge >= 0.3 is 0 Å². The fourth-order valence-electron chi connectivity index (χ4n) is 0.779. The van der Waals surface area contributed by atoms with Crippen molar-refractivity contribution in [2.24, 2.45) is 7.05 Å². The van der Waals surface area contributed by atoms with Gasteiger partial charge in [-0.3, -0.25) is 4.68 Å². The van der Waals surface area contributed by atoms with Gasteiger partial charge in [0.05, 0.1) is 5.69 Å². The lowest BCUT2D eigenvalue weighted by Gasteiger charge is -1.94. The lowest BCUT2D eigenvalue weighted by Crippen LogP contribution is -2.12. The summed E-state index contributed by atoms with van der Waals surface area (Å²) in [5.41, 5.74) is 0.953. The second-order valence-electron chi connectivity index (χ2n) is 2.30. The Morgan fingerprint density at radius 3 is 3.18 bits per heavy atom. The third kappa shape index (κ3) is 2.51. The molecule has 60 valence electrons. The van der Waals surface area contributed by atoms with Crippen LogP contribution in [0.3, 0.4) is 0 Å². The zero-order valence-electron chi connectivity index (χ0n) is 6.62. The largest absolute Gasteiger partial charge is 0.308 e. The van der Waals surface area contributed by atoms with Crippen molar-refractivity contribution in [1.82, 2.24) is 20.3 Å². The third-order valence-electron chi connectivity index (χ3n) is 1.24. The first-order valence-corrected chi connectivity index (χ1v) is 3.49. The van der Waals surface area contributed by atoms with E-state index in [-0.39, 0.29) is 0 Å². The molecule has 0 atom stereocenters. The predicted octanol–water partition coefficient (Wildman–Crippen LogP) is 0.0907. The molecule has 0 aliphatic heterocycles. The highest BCUT2D eigenvalue weighted by atomic mass is 15.4. The van der Waals surface area contributed by atoms with E-state index in [4.69, 9.17) is 0 Å². The number of nitrogens with zero attached hydrogens (tertiary/aromatic N) is 3. The summed E-state index contributed by atoms with van der Waals surface area (Å²) in [5, 5.41) is 10.8. The van der Waals surface area contributed by atoms with Crippen LogP contribution in [0.25, 0.3) is 0 Å². The minimum atomic E-state index is 0.750. The van der Waals surface area contributed by atoms with Crippen LogP contribution in [0.15, 0.2) is 18.9 Å². The molecule has 1 rings (SSSR count). The van der Waals surface area contributed by atoms with Crippen LogP contribution >= 0.6 is 0 Å². The van der Waals surface area contributed by atoms with Crippen LogP contribution in [0.5, 0.6) is 0 Å². The lowest BCUT2D eigenvalue weighted by atomic mass is 10.4. The van der Waals surface area contributed by atoms with Gasteiger partial charge in [-0.25, -0.2) is 0 Å². The van der Waals surface area contributed by atoms with E-state index in [0.29, 0.717) is 0 Å². The summed E-state index contributed by atoms with van der Waals surface area (Å²) < 4.78 is 1.69. The predicted molar refractivity (Wildman–Crippen MR) is 42.9 cm³/mol. The van der Waals surface area contributed by atoms with Crippen molar-refractivity contribution in [3.8, 4) is 0 Å². The van der Waals surface area contributed by atoms with E-state index >= 15 is 0 Å². The molecule has 0 unspecified atom stereocenters. The maximum Gasteiger partial charge on any atom is 0.0964 e. The summed E-state index contributed by atoms with van der Waals surface area (Å²) in [6.07, 6.45) is 3.70. The number of aromatic nitrogens is 3. The van der Waals surface area contributed by atoms with Gasteiger partial charge in [-0.2, -0.15) is 0 Å². The first kappa shape index (κ1) is 7.94. The van der Waals surface area contributed by atoms with Crippen LogP contribution in [0, 0.1) is 0 Å². The molecule has 0 aromatic carbocycles. The monoisotopic (exact) mass is 152 g/mol. The second kappa shape index (κ2) is 3.88. The topological polar surface area (TPSA) is 42.7 Å². The SMILES string of the molecule is C=CCNCc1cn(C)nn1. The van der Waals surface area contributed by atoms with Gasteiger partial charge in [-0.05, 0) is 0 Å². The summed E-state index contributed by atoms with van der Waals surface area (Å²) in [6.45, 7) is 5.15. The van der Waals surface area contributed by atoms with Gasteiger partial charge in [0.2, 0.25) is 0 Å². The van der Waals surface area contributed by atoms with Gasteiger partial charge in [0.15, 0.2) is 0 Å². The number of nitrogens with one attached hydrogen (secondary N) is 1. The maximum atomic E-state index is 3.90. The zero-order chi connectivity index (χ0) is 8.10. The quantitative estimate of drug-likeness (QED) is 0.491. The first-order chi connectivity index (χ1) is 5.33. The third-order valence-corrected chi connectivity index (χ3v) is 1.24. The molecule has 1 N–H and O–H groups in total. The molecular formula is C7H12N4. The average molecular weight is 152 g/mol. The smallest absolute Gasteiger partial charge is 0.0964 e. The van der Waals surface area contributed by atoms with E-state index in [1.807, 2.05) is 19.3 Å². The van der Waals surface area contributed by atoms with Crippen molar-refractivity contribution in [1.29, 1.82) is 0 Å². The van der Waals surface area contributed by atoms with E-state index in [1.54, 1.807) is 4.68 Å². The van der Waals surface area contributed by atoms with Gasteiger partial charge < -0.3 is 5.32 Å². The van der Waals surface area contributed by atoms with Gasteiger partial charge in [-0.1, -0.05) is 11.3 Å². The fourth-order valence-corrected chi connectivity index (χ4v) is 0.779. The Labute approximate surface area is 65.9 Å². The zero-order valence-corrected chi connectivity index (χ0v) is 6.62. The van der Waals surface area contributed by atoms with Crippen molar-refractivity contribution < 1.29 is 0 Å². The normalized spacial score (nSPS) is 9.91. The van der Waals surface area contributed by atoms with E-state index in [1.165, 1.54) is 0 Å². The van der Waals surface area contributed by atoms with Gasteiger partial charge in [0, 0.05) is 26.3 Å². The van der Waals surface area contributed by atoms with Crippen molar-refractivity contribution in [2.75, 3.05) is 6.54 Å². The van der Waals surface area contributed by atoms with Crippen LogP contribution in [0.2, 0.25) is 0 Å². The molecule has 0 saturated heterocycles. The molecule has 1 aromatic rings. The molecule has 1 aromatic heterocycles. The molecule has 11 heavy (non-hydrogen) atoms. The van der Waals surface area contributed by atoms with E-state index < -0.39 is 0 Å². The average Bonchev–Trinajstić information content (AvgIpc) is 2.37. The molecule has 0 amide bonds. The Morgan fingerprint density at radius 1 is 1.82 bits per heavy atom. The van der Waals surface area contributed by atoms with Crippen molar-refractivity contribution in [2.45, 2.75) is 6.54 Å². The minimum absolute atomic E-state index is 0.750. The molecule has 0 aliphatic carbocycles. The molecule has 0 bridgehead atoms. The Hall–Kier alpha value is -1.16.